The maximum absolute atomic E-state index is 10.2. The first-order chi connectivity index (χ1) is 14.9. The first-order valence-electron chi connectivity index (χ1n) is 11.9. The first kappa shape index (κ1) is 25.1. The molecular weight excluding hydrogens is 386 g/mol. The van der Waals surface area contributed by atoms with E-state index in [4.69, 9.17) is 4.74 Å². The number of rotatable bonds is 14. The van der Waals surface area contributed by atoms with Crippen molar-refractivity contribution in [2.75, 3.05) is 26.2 Å². The number of nitrogens with zero attached hydrogens (tertiary/aromatic N) is 1. The van der Waals surface area contributed by atoms with Crippen molar-refractivity contribution in [1.82, 2.24) is 4.90 Å². The van der Waals surface area contributed by atoms with Crippen molar-refractivity contribution in [2.24, 2.45) is 5.92 Å². The molecule has 1 unspecified atom stereocenters. The van der Waals surface area contributed by atoms with Gasteiger partial charge < -0.3 is 19.8 Å². The number of aryl methyl sites for hydroxylation is 2. The number of hydrogen-bond donors (Lipinski definition) is 2. The molecule has 0 aromatic heterocycles. The number of unbranched alkanes of at least 4 members (excludes halogenated alkanes) is 1. The van der Waals surface area contributed by atoms with Crippen molar-refractivity contribution in [1.29, 1.82) is 0 Å². The topological polar surface area (TPSA) is 52.9 Å². The van der Waals surface area contributed by atoms with E-state index in [1.165, 1.54) is 17.5 Å². The van der Waals surface area contributed by atoms with E-state index in [1.807, 2.05) is 31.2 Å². The molecule has 0 aliphatic heterocycles. The van der Waals surface area contributed by atoms with Gasteiger partial charge in [0.25, 0.3) is 0 Å². The van der Waals surface area contributed by atoms with Gasteiger partial charge in [-0.3, -0.25) is 0 Å². The second-order valence-electron chi connectivity index (χ2n) is 8.76. The van der Waals surface area contributed by atoms with Gasteiger partial charge in [-0.2, -0.15) is 0 Å². The second-order valence-corrected chi connectivity index (χ2v) is 8.76. The molecular formula is C27H41NO3. The van der Waals surface area contributed by atoms with Crippen LogP contribution >= 0.6 is 0 Å². The lowest BCUT2D eigenvalue weighted by atomic mass is 9.94. The van der Waals surface area contributed by atoms with Crippen LogP contribution in [-0.2, 0) is 12.8 Å². The molecule has 0 bridgehead atoms. The molecule has 0 spiro atoms. The molecule has 4 heteroatoms. The van der Waals surface area contributed by atoms with Gasteiger partial charge in [-0.25, -0.2) is 0 Å². The Hall–Kier alpha value is -2.20. The number of benzene rings is 2. The highest BCUT2D eigenvalue weighted by atomic mass is 16.5. The highest BCUT2D eigenvalue weighted by molar-refractivity contribution is 5.42. The molecule has 0 aliphatic rings. The summed E-state index contributed by atoms with van der Waals surface area (Å²) < 4.78 is 5.88. The molecule has 2 aromatic rings. The Bertz CT molecular complexity index is 790. The summed E-state index contributed by atoms with van der Waals surface area (Å²) in [6, 6.07) is 11.7. The molecule has 1 atom stereocenters. The van der Waals surface area contributed by atoms with Crippen LogP contribution < -0.4 is 4.74 Å². The fraction of sp³-hybridized carbons (Fsp3) is 0.556. The Kier molecular flexibility index (Phi) is 10.7. The van der Waals surface area contributed by atoms with Gasteiger partial charge >= 0.3 is 0 Å². The van der Waals surface area contributed by atoms with Gasteiger partial charge in [0.2, 0.25) is 0 Å². The molecule has 31 heavy (non-hydrogen) atoms. The van der Waals surface area contributed by atoms with Crippen molar-refractivity contribution < 1.29 is 14.9 Å². The lowest BCUT2D eigenvalue weighted by Gasteiger charge is -2.19. The molecule has 2 N–H and O–H groups in total. The first-order valence-corrected chi connectivity index (χ1v) is 11.9. The third-order valence-corrected chi connectivity index (χ3v) is 5.92. The molecule has 0 amide bonds. The zero-order valence-corrected chi connectivity index (χ0v) is 19.9. The van der Waals surface area contributed by atoms with Crippen molar-refractivity contribution in [2.45, 2.75) is 66.2 Å². The smallest absolute Gasteiger partial charge is 0.161 e. The van der Waals surface area contributed by atoms with E-state index in [0.717, 1.165) is 57.3 Å². The van der Waals surface area contributed by atoms with Gasteiger partial charge in [-0.1, -0.05) is 39.0 Å². The van der Waals surface area contributed by atoms with Crippen LogP contribution in [0.5, 0.6) is 17.2 Å². The predicted octanol–water partition coefficient (Wildman–Crippen LogP) is 6.11. The molecule has 0 saturated carbocycles. The van der Waals surface area contributed by atoms with Crippen LogP contribution in [0.1, 0.15) is 63.1 Å². The number of hydrogen-bond acceptors (Lipinski definition) is 4. The largest absolute Gasteiger partial charge is 0.508 e. The fourth-order valence-electron chi connectivity index (χ4n) is 3.89. The van der Waals surface area contributed by atoms with E-state index >= 15 is 0 Å². The van der Waals surface area contributed by atoms with E-state index in [1.54, 1.807) is 6.07 Å². The minimum Gasteiger partial charge on any atom is -0.508 e. The van der Waals surface area contributed by atoms with E-state index < -0.39 is 0 Å². The average molecular weight is 428 g/mol. The van der Waals surface area contributed by atoms with Gasteiger partial charge in [-0.05, 0) is 106 Å². The highest BCUT2D eigenvalue weighted by Crippen LogP contribution is 2.28. The quantitative estimate of drug-likeness (QED) is 0.357. The zero-order valence-electron chi connectivity index (χ0n) is 19.9. The van der Waals surface area contributed by atoms with Crippen LogP contribution in [0.2, 0.25) is 0 Å². The second kappa shape index (κ2) is 13.3. The zero-order chi connectivity index (χ0) is 22.6. The number of ether oxygens (including phenoxy) is 1. The summed E-state index contributed by atoms with van der Waals surface area (Å²) in [7, 11) is 0. The Morgan fingerprint density at radius 3 is 2.42 bits per heavy atom. The van der Waals surface area contributed by atoms with Crippen molar-refractivity contribution >= 4 is 0 Å². The van der Waals surface area contributed by atoms with Gasteiger partial charge in [0.1, 0.15) is 5.75 Å². The van der Waals surface area contributed by atoms with Gasteiger partial charge in [0.05, 0.1) is 6.61 Å². The Labute approximate surface area is 188 Å². The third-order valence-electron chi connectivity index (χ3n) is 5.92. The van der Waals surface area contributed by atoms with Crippen LogP contribution in [0, 0.1) is 12.8 Å². The SMILES string of the molecule is CCCN(CC)CCCCOc1cc(CCC(C)Cc2ccc(C)c(O)c2)ccc1O. The summed E-state index contributed by atoms with van der Waals surface area (Å²) in [6.45, 7) is 12.6. The van der Waals surface area contributed by atoms with Crippen LogP contribution in [-0.4, -0.2) is 41.4 Å². The lowest BCUT2D eigenvalue weighted by molar-refractivity contribution is 0.254. The summed E-state index contributed by atoms with van der Waals surface area (Å²) in [5, 5.41) is 20.1. The third kappa shape index (κ3) is 8.82. The lowest BCUT2D eigenvalue weighted by Crippen LogP contribution is -2.25. The molecule has 0 heterocycles. The highest BCUT2D eigenvalue weighted by Gasteiger charge is 2.09. The van der Waals surface area contributed by atoms with E-state index in [9.17, 15) is 10.2 Å². The Balaban J connectivity index is 1.77. The molecule has 0 aliphatic carbocycles. The molecule has 2 rings (SSSR count). The van der Waals surface area contributed by atoms with Gasteiger partial charge in [0.15, 0.2) is 11.5 Å². The Morgan fingerprint density at radius 2 is 1.71 bits per heavy atom. The van der Waals surface area contributed by atoms with E-state index in [2.05, 4.69) is 31.7 Å². The minimum atomic E-state index is 0.216. The average Bonchev–Trinajstić information content (AvgIpc) is 2.75. The van der Waals surface area contributed by atoms with Crippen molar-refractivity contribution in [3.63, 3.8) is 0 Å². The van der Waals surface area contributed by atoms with Crippen molar-refractivity contribution in [3.8, 4) is 17.2 Å². The number of phenols is 2. The maximum Gasteiger partial charge on any atom is 0.161 e. The van der Waals surface area contributed by atoms with Gasteiger partial charge in [-0.15, -0.1) is 0 Å². The van der Waals surface area contributed by atoms with Crippen LogP contribution in [0.4, 0.5) is 0 Å². The maximum atomic E-state index is 10.2. The fourth-order valence-corrected chi connectivity index (χ4v) is 3.89. The molecule has 2 aromatic carbocycles. The summed E-state index contributed by atoms with van der Waals surface area (Å²) >= 11 is 0. The summed E-state index contributed by atoms with van der Waals surface area (Å²) in [4.78, 5) is 2.47. The van der Waals surface area contributed by atoms with Crippen LogP contribution in [0.25, 0.3) is 0 Å². The van der Waals surface area contributed by atoms with Crippen LogP contribution in [0.3, 0.4) is 0 Å². The Morgan fingerprint density at radius 1 is 0.935 bits per heavy atom. The summed E-state index contributed by atoms with van der Waals surface area (Å²) in [6.07, 6.45) is 6.23. The molecule has 172 valence electrons. The molecule has 0 saturated heterocycles. The monoisotopic (exact) mass is 427 g/mol. The molecule has 0 radical (unpaired) electrons. The standard InChI is InChI=1S/C27H41NO3/c1-5-15-28(6-2)16-7-8-17-31-27-20-23(13-14-25(27)29)11-9-21(3)18-24-12-10-22(4)26(30)19-24/h10,12-14,19-21,29-30H,5-9,11,15-18H2,1-4H3. The number of phenolic OH excluding ortho intramolecular Hbond substituents is 2. The summed E-state index contributed by atoms with van der Waals surface area (Å²) in [5.74, 6) is 1.69. The minimum absolute atomic E-state index is 0.216. The normalized spacial score (nSPS) is 12.3. The van der Waals surface area contributed by atoms with E-state index in [-0.39, 0.29) is 5.75 Å². The van der Waals surface area contributed by atoms with Crippen LogP contribution in [0.15, 0.2) is 36.4 Å². The molecule has 0 fully saturated rings. The molecule has 4 nitrogen and oxygen atoms in total. The van der Waals surface area contributed by atoms with E-state index in [0.29, 0.717) is 24.0 Å². The van der Waals surface area contributed by atoms with Crippen molar-refractivity contribution in [3.05, 3.63) is 53.1 Å². The predicted molar refractivity (Wildman–Crippen MR) is 129 cm³/mol. The summed E-state index contributed by atoms with van der Waals surface area (Å²) in [5.41, 5.74) is 3.27. The van der Waals surface area contributed by atoms with Gasteiger partial charge in [0, 0.05) is 0 Å². The number of aromatic hydroxyl groups is 2.